The first-order valence-corrected chi connectivity index (χ1v) is 14.1. The second kappa shape index (κ2) is 11.2. The van der Waals surface area contributed by atoms with Gasteiger partial charge >= 0.3 is 0 Å². The highest BCUT2D eigenvalue weighted by Crippen LogP contribution is 2.33. The van der Waals surface area contributed by atoms with Gasteiger partial charge in [0.05, 0.1) is 12.1 Å². The van der Waals surface area contributed by atoms with Crippen LogP contribution in [-0.4, -0.2) is 73.8 Å². The van der Waals surface area contributed by atoms with Gasteiger partial charge in [-0.25, -0.2) is 9.67 Å². The molecule has 0 bridgehead atoms. The van der Waals surface area contributed by atoms with Crippen LogP contribution in [0, 0.1) is 19.8 Å². The van der Waals surface area contributed by atoms with Crippen molar-refractivity contribution >= 4 is 16.9 Å². The lowest BCUT2D eigenvalue weighted by molar-refractivity contribution is -0.136. The number of nitrogens with zero attached hydrogens (tertiary/aromatic N) is 5. The van der Waals surface area contributed by atoms with Crippen LogP contribution in [0.25, 0.3) is 11.0 Å². The third-order valence-corrected chi connectivity index (χ3v) is 8.33. The number of aliphatic hydroxyl groups is 1. The zero-order chi connectivity index (χ0) is 27.8. The number of hydrogen-bond donors (Lipinski definition) is 3. The molecule has 39 heavy (non-hydrogen) atoms. The molecule has 5 rings (SSSR count). The largest absolute Gasteiger partial charge is 0.374 e. The molecule has 0 aromatic carbocycles. The van der Waals surface area contributed by atoms with E-state index in [0.29, 0.717) is 11.1 Å². The predicted molar refractivity (Wildman–Crippen MR) is 150 cm³/mol. The van der Waals surface area contributed by atoms with Crippen LogP contribution < -0.4 is 10.9 Å². The number of likely N-dealkylation sites (tertiary alicyclic amines) is 2. The quantitative estimate of drug-likeness (QED) is 0.398. The number of carbonyl (C=O) groups is 1. The number of nitrogens with one attached hydrogen (secondary N) is 2. The van der Waals surface area contributed by atoms with Gasteiger partial charge in [-0.2, -0.15) is 5.10 Å². The van der Waals surface area contributed by atoms with E-state index < -0.39 is 6.23 Å². The molecular weight excluding hydrogens is 494 g/mol. The minimum absolute atomic E-state index is 0.110. The summed E-state index contributed by atoms with van der Waals surface area (Å²) >= 11 is 0. The summed E-state index contributed by atoms with van der Waals surface area (Å²) in [5.74, 6) is 0.577. The summed E-state index contributed by atoms with van der Waals surface area (Å²) in [4.78, 5) is 37.7. The number of H-pyrrole nitrogens is 1. The van der Waals surface area contributed by atoms with E-state index in [0.717, 1.165) is 73.4 Å². The van der Waals surface area contributed by atoms with E-state index in [1.54, 1.807) is 6.20 Å². The van der Waals surface area contributed by atoms with Gasteiger partial charge in [0.2, 0.25) is 5.91 Å². The standard InChI is InChI=1S/C29H41N7O3/c1-17(2)36-26-24(15-31-36)22(27(37)30-14-23-18(3)12-19(4)32-28(23)38)13-25(33-26)20-7-10-35(11-8-20)29(39)21-6-9-34(5)16-21/h12-13,15,17,20-21,27,30,37H,6-11,14,16H2,1-5H3,(H,32,38). The van der Waals surface area contributed by atoms with Crippen LogP contribution in [0.15, 0.2) is 23.1 Å². The molecule has 2 aliphatic heterocycles. The van der Waals surface area contributed by atoms with E-state index in [-0.39, 0.29) is 35.9 Å². The van der Waals surface area contributed by atoms with Crippen LogP contribution in [0.2, 0.25) is 0 Å². The SMILES string of the molecule is Cc1cc(C)c(CNC(O)c2cc(C3CCN(C(=O)C4CCN(C)C4)CC3)nc3c2cnn3C(C)C)c(=O)[nH]1. The van der Waals surface area contributed by atoms with Gasteiger partial charge in [0.25, 0.3) is 5.56 Å². The molecule has 210 valence electrons. The number of piperidine rings is 1. The molecule has 0 spiro atoms. The van der Waals surface area contributed by atoms with Crippen LogP contribution in [0.1, 0.15) is 79.4 Å². The first kappa shape index (κ1) is 27.5. The van der Waals surface area contributed by atoms with Gasteiger partial charge in [0, 0.05) is 66.0 Å². The molecule has 2 unspecified atom stereocenters. The van der Waals surface area contributed by atoms with Crippen molar-refractivity contribution in [1.29, 1.82) is 0 Å². The highest BCUT2D eigenvalue weighted by Gasteiger charge is 2.33. The summed E-state index contributed by atoms with van der Waals surface area (Å²) in [7, 11) is 2.07. The maximum atomic E-state index is 13.1. The Morgan fingerprint density at radius 1 is 1.18 bits per heavy atom. The number of carbonyl (C=O) groups excluding carboxylic acids is 1. The molecule has 0 radical (unpaired) electrons. The van der Waals surface area contributed by atoms with Crippen molar-refractivity contribution in [2.75, 3.05) is 33.2 Å². The number of aryl methyl sites for hydroxylation is 2. The molecule has 3 aromatic rings. The zero-order valence-corrected chi connectivity index (χ0v) is 23.7. The van der Waals surface area contributed by atoms with Crippen LogP contribution in [0.3, 0.4) is 0 Å². The van der Waals surface area contributed by atoms with Gasteiger partial charge in [-0.3, -0.25) is 14.9 Å². The molecule has 2 fully saturated rings. The molecule has 3 N–H and O–H groups in total. The number of aromatic amines is 1. The number of pyridine rings is 2. The number of hydrogen-bond acceptors (Lipinski definition) is 7. The van der Waals surface area contributed by atoms with E-state index in [1.807, 2.05) is 35.6 Å². The van der Waals surface area contributed by atoms with Crippen LogP contribution in [-0.2, 0) is 11.3 Å². The molecular formula is C29H41N7O3. The molecule has 10 heteroatoms. The molecule has 0 aliphatic carbocycles. The number of rotatable bonds is 7. The normalized spacial score (nSPS) is 19.9. The summed E-state index contributed by atoms with van der Waals surface area (Å²) in [6.07, 6.45) is 3.37. The van der Waals surface area contributed by atoms with Gasteiger partial charge < -0.3 is 19.9 Å². The van der Waals surface area contributed by atoms with Gasteiger partial charge in [0.1, 0.15) is 6.23 Å². The fourth-order valence-corrected chi connectivity index (χ4v) is 6.08. The van der Waals surface area contributed by atoms with E-state index in [4.69, 9.17) is 4.98 Å². The van der Waals surface area contributed by atoms with Crippen molar-refractivity contribution in [2.24, 2.45) is 5.92 Å². The Balaban J connectivity index is 1.37. The predicted octanol–water partition coefficient (Wildman–Crippen LogP) is 2.76. The Hall–Kier alpha value is -3.08. The lowest BCUT2D eigenvalue weighted by atomic mass is 9.91. The Kier molecular flexibility index (Phi) is 7.89. The van der Waals surface area contributed by atoms with Gasteiger partial charge in [-0.15, -0.1) is 0 Å². The fourth-order valence-electron chi connectivity index (χ4n) is 6.08. The van der Waals surface area contributed by atoms with E-state index >= 15 is 0 Å². The number of amides is 1. The van der Waals surface area contributed by atoms with Crippen LogP contribution >= 0.6 is 0 Å². The average Bonchev–Trinajstić information content (AvgIpc) is 3.53. The molecule has 5 heterocycles. The Morgan fingerprint density at radius 2 is 1.92 bits per heavy atom. The minimum Gasteiger partial charge on any atom is -0.374 e. The highest BCUT2D eigenvalue weighted by molar-refractivity contribution is 5.80. The monoisotopic (exact) mass is 535 g/mol. The second-order valence-corrected chi connectivity index (χ2v) is 11.6. The maximum Gasteiger partial charge on any atom is 0.252 e. The fraction of sp³-hybridized carbons (Fsp3) is 0.586. The summed E-state index contributed by atoms with van der Waals surface area (Å²) in [5, 5.41) is 19.8. The first-order valence-electron chi connectivity index (χ1n) is 14.1. The van der Waals surface area contributed by atoms with Crippen LogP contribution in [0.5, 0.6) is 0 Å². The smallest absolute Gasteiger partial charge is 0.252 e. The van der Waals surface area contributed by atoms with E-state index in [9.17, 15) is 14.7 Å². The summed E-state index contributed by atoms with van der Waals surface area (Å²) in [5.41, 5.74) is 4.52. The van der Waals surface area contributed by atoms with Crippen LogP contribution in [0.4, 0.5) is 0 Å². The molecule has 2 saturated heterocycles. The third-order valence-electron chi connectivity index (χ3n) is 8.33. The van der Waals surface area contributed by atoms with E-state index in [2.05, 4.69) is 41.2 Å². The minimum atomic E-state index is -1.000. The molecule has 2 aliphatic rings. The van der Waals surface area contributed by atoms with Gasteiger partial charge in [0.15, 0.2) is 5.65 Å². The second-order valence-electron chi connectivity index (χ2n) is 11.6. The van der Waals surface area contributed by atoms with Crippen molar-refractivity contribution in [1.82, 2.24) is 34.9 Å². The lowest BCUT2D eigenvalue weighted by Crippen LogP contribution is -2.42. The van der Waals surface area contributed by atoms with Gasteiger partial charge in [-0.1, -0.05) is 0 Å². The molecule has 10 nitrogen and oxygen atoms in total. The average molecular weight is 536 g/mol. The van der Waals surface area contributed by atoms with Crippen molar-refractivity contribution in [3.05, 3.63) is 56.8 Å². The molecule has 1 amide bonds. The molecule has 2 atom stereocenters. The summed E-state index contributed by atoms with van der Waals surface area (Å²) in [6, 6.07) is 4.02. The van der Waals surface area contributed by atoms with Crippen molar-refractivity contribution in [2.45, 2.75) is 71.7 Å². The highest BCUT2D eigenvalue weighted by atomic mass is 16.3. The number of aliphatic hydroxyl groups excluding tert-OH is 1. The number of aromatic nitrogens is 4. The Labute approximate surface area is 229 Å². The Bertz CT molecular complexity index is 1400. The van der Waals surface area contributed by atoms with Gasteiger partial charge in [-0.05, 0) is 78.2 Å². The van der Waals surface area contributed by atoms with Crippen molar-refractivity contribution in [3.63, 3.8) is 0 Å². The summed E-state index contributed by atoms with van der Waals surface area (Å²) in [6.45, 7) is 11.4. The van der Waals surface area contributed by atoms with E-state index in [1.165, 1.54) is 0 Å². The lowest BCUT2D eigenvalue weighted by Gasteiger charge is -2.33. The molecule has 3 aromatic heterocycles. The molecule has 0 saturated carbocycles. The Morgan fingerprint density at radius 3 is 2.56 bits per heavy atom. The maximum absolute atomic E-state index is 13.1. The summed E-state index contributed by atoms with van der Waals surface area (Å²) < 4.78 is 1.89. The first-order chi connectivity index (χ1) is 18.6. The number of fused-ring (bicyclic) bond motifs is 1. The third kappa shape index (κ3) is 5.64. The zero-order valence-electron chi connectivity index (χ0n) is 23.7. The topological polar surface area (TPSA) is 119 Å². The van der Waals surface area contributed by atoms with Crippen molar-refractivity contribution in [3.8, 4) is 0 Å². The van der Waals surface area contributed by atoms with Crippen molar-refractivity contribution < 1.29 is 9.90 Å².